The third kappa shape index (κ3) is 4.55. The summed E-state index contributed by atoms with van der Waals surface area (Å²) >= 11 is 3.56. The molecule has 4 heteroatoms. The molecule has 3 nitrogen and oxygen atoms in total. The second kappa shape index (κ2) is 7.95. The van der Waals surface area contributed by atoms with Crippen LogP contribution in [0, 0.1) is 5.92 Å². The lowest BCUT2D eigenvalue weighted by Gasteiger charge is -2.37. The maximum atomic E-state index is 11.1. The van der Waals surface area contributed by atoms with Crippen molar-refractivity contribution in [3.63, 3.8) is 0 Å². The number of hydrogen-bond donors (Lipinski definition) is 1. The van der Waals surface area contributed by atoms with Crippen LogP contribution < -0.4 is 0 Å². The first kappa shape index (κ1) is 16.5. The van der Waals surface area contributed by atoms with Gasteiger partial charge in [0.1, 0.15) is 0 Å². The molecule has 21 heavy (non-hydrogen) atoms. The predicted octanol–water partition coefficient (Wildman–Crippen LogP) is 4.48. The van der Waals surface area contributed by atoms with Gasteiger partial charge in [-0.1, -0.05) is 47.8 Å². The van der Waals surface area contributed by atoms with Gasteiger partial charge in [-0.3, -0.25) is 9.69 Å². The summed E-state index contributed by atoms with van der Waals surface area (Å²) in [5, 5.41) is 9.13. The number of unbranched alkanes of at least 4 members (excludes halogenated alkanes) is 1. The van der Waals surface area contributed by atoms with E-state index in [2.05, 4.69) is 52.0 Å². The van der Waals surface area contributed by atoms with Crippen LogP contribution in [0.3, 0.4) is 0 Å². The van der Waals surface area contributed by atoms with Crippen molar-refractivity contribution in [2.75, 3.05) is 13.1 Å². The summed E-state index contributed by atoms with van der Waals surface area (Å²) in [6.45, 7) is 3.99. The van der Waals surface area contributed by atoms with Gasteiger partial charge in [-0.2, -0.15) is 0 Å². The number of rotatable bonds is 6. The first-order valence-corrected chi connectivity index (χ1v) is 8.63. The van der Waals surface area contributed by atoms with Gasteiger partial charge in [0.05, 0.1) is 5.92 Å². The van der Waals surface area contributed by atoms with Crippen LogP contribution in [0.15, 0.2) is 28.7 Å². The molecule has 1 aromatic carbocycles. The van der Waals surface area contributed by atoms with Crippen molar-refractivity contribution < 1.29 is 9.90 Å². The molecule has 0 amide bonds. The van der Waals surface area contributed by atoms with E-state index in [4.69, 9.17) is 5.11 Å². The number of carboxylic acid groups (broad SMARTS) is 1. The van der Waals surface area contributed by atoms with Crippen LogP contribution in [0.2, 0.25) is 0 Å². The Morgan fingerprint density at radius 1 is 1.43 bits per heavy atom. The number of aliphatic carboxylic acids is 1. The number of halogens is 1. The summed E-state index contributed by atoms with van der Waals surface area (Å²) in [6, 6.07) is 8.94. The van der Waals surface area contributed by atoms with E-state index in [1.54, 1.807) is 0 Å². The average molecular weight is 354 g/mol. The van der Waals surface area contributed by atoms with Crippen molar-refractivity contribution in [2.24, 2.45) is 5.92 Å². The molecule has 0 bridgehead atoms. The van der Waals surface area contributed by atoms with Gasteiger partial charge in [0, 0.05) is 10.5 Å². The second-order valence-corrected chi connectivity index (χ2v) is 6.78. The first-order valence-electron chi connectivity index (χ1n) is 7.84. The van der Waals surface area contributed by atoms with Crippen molar-refractivity contribution in [3.05, 3.63) is 34.3 Å². The Morgan fingerprint density at radius 2 is 2.14 bits per heavy atom. The number of benzene rings is 1. The third-order valence-corrected chi connectivity index (χ3v) is 4.88. The standard InChI is InChI=1S/C17H24BrNO2/c1-2-3-7-16(14-5-4-6-15(18)12-14)19-10-8-13(9-11-19)17(20)21/h4-6,12-13,16H,2-3,7-11H2,1H3,(H,20,21). The molecule has 0 saturated carbocycles. The highest BCUT2D eigenvalue weighted by Gasteiger charge is 2.28. The Kier molecular flexibility index (Phi) is 6.24. The Balaban J connectivity index is 2.08. The SMILES string of the molecule is CCCCC(c1cccc(Br)c1)N1CCC(C(=O)O)CC1. The van der Waals surface area contributed by atoms with E-state index in [0.29, 0.717) is 6.04 Å². The van der Waals surface area contributed by atoms with Crippen LogP contribution in [0.4, 0.5) is 0 Å². The van der Waals surface area contributed by atoms with Gasteiger partial charge < -0.3 is 5.11 Å². The minimum absolute atomic E-state index is 0.157. The highest BCUT2D eigenvalue weighted by Crippen LogP contribution is 2.32. The van der Waals surface area contributed by atoms with Gasteiger partial charge in [-0.05, 0) is 50.0 Å². The number of likely N-dealkylation sites (tertiary alicyclic amines) is 1. The van der Waals surface area contributed by atoms with Gasteiger partial charge in [0.2, 0.25) is 0 Å². The normalized spacial score (nSPS) is 18.6. The molecule has 0 radical (unpaired) electrons. The molecule has 0 spiro atoms. The van der Waals surface area contributed by atoms with Crippen LogP contribution in [0.25, 0.3) is 0 Å². The fourth-order valence-electron chi connectivity index (χ4n) is 3.13. The summed E-state index contributed by atoms with van der Waals surface area (Å²) in [4.78, 5) is 13.6. The molecule has 1 aliphatic heterocycles. The lowest BCUT2D eigenvalue weighted by molar-refractivity contribution is -0.143. The van der Waals surface area contributed by atoms with Crippen molar-refractivity contribution in [1.82, 2.24) is 4.90 Å². The molecule has 1 aliphatic rings. The Morgan fingerprint density at radius 3 is 2.71 bits per heavy atom. The molecule has 2 rings (SSSR count). The molecule has 1 heterocycles. The van der Waals surface area contributed by atoms with Gasteiger partial charge >= 0.3 is 5.97 Å². The topological polar surface area (TPSA) is 40.5 Å². The minimum atomic E-state index is -0.637. The van der Waals surface area contributed by atoms with Crippen molar-refractivity contribution in [3.8, 4) is 0 Å². The monoisotopic (exact) mass is 353 g/mol. The number of hydrogen-bond acceptors (Lipinski definition) is 2. The van der Waals surface area contributed by atoms with Gasteiger partial charge in [-0.15, -0.1) is 0 Å². The van der Waals surface area contributed by atoms with Crippen LogP contribution in [-0.4, -0.2) is 29.1 Å². The zero-order chi connectivity index (χ0) is 15.2. The van der Waals surface area contributed by atoms with Crippen LogP contribution in [0.1, 0.15) is 50.6 Å². The van der Waals surface area contributed by atoms with Gasteiger partial charge in [0.15, 0.2) is 0 Å². The van der Waals surface area contributed by atoms with Crippen LogP contribution in [0.5, 0.6) is 0 Å². The van der Waals surface area contributed by atoms with Crippen molar-refractivity contribution in [2.45, 2.75) is 45.1 Å². The Labute approximate surface area is 135 Å². The zero-order valence-corrected chi connectivity index (χ0v) is 14.2. The van der Waals surface area contributed by atoms with E-state index in [1.165, 1.54) is 18.4 Å². The Bertz CT molecular complexity index is 470. The predicted molar refractivity (Wildman–Crippen MR) is 88.3 cm³/mol. The number of carbonyl (C=O) groups is 1. The quantitative estimate of drug-likeness (QED) is 0.819. The summed E-state index contributed by atoms with van der Waals surface area (Å²) in [5.74, 6) is -0.794. The van der Waals surface area contributed by atoms with E-state index in [0.717, 1.165) is 36.8 Å². The molecule has 1 aromatic rings. The molecule has 1 saturated heterocycles. The molecule has 0 aliphatic carbocycles. The Hall–Kier alpha value is -0.870. The maximum Gasteiger partial charge on any atom is 0.306 e. The lowest BCUT2D eigenvalue weighted by Crippen LogP contribution is -2.38. The van der Waals surface area contributed by atoms with Gasteiger partial charge in [0.25, 0.3) is 0 Å². The highest BCUT2D eigenvalue weighted by molar-refractivity contribution is 9.10. The lowest BCUT2D eigenvalue weighted by atomic mass is 9.92. The summed E-state index contributed by atoms with van der Waals surface area (Å²) in [5.41, 5.74) is 1.34. The average Bonchev–Trinajstić information content (AvgIpc) is 2.48. The van der Waals surface area contributed by atoms with Crippen molar-refractivity contribution >= 4 is 21.9 Å². The minimum Gasteiger partial charge on any atom is -0.481 e. The van der Waals surface area contributed by atoms with E-state index < -0.39 is 5.97 Å². The molecular weight excluding hydrogens is 330 g/mol. The molecule has 0 aromatic heterocycles. The first-order chi connectivity index (χ1) is 10.1. The summed E-state index contributed by atoms with van der Waals surface area (Å²) in [7, 11) is 0. The molecule has 1 N–H and O–H groups in total. The van der Waals surface area contributed by atoms with Gasteiger partial charge in [-0.25, -0.2) is 0 Å². The zero-order valence-electron chi connectivity index (χ0n) is 12.6. The summed E-state index contributed by atoms with van der Waals surface area (Å²) < 4.78 is 1.11. The van der Waals surface area contributed by atoms with E-state index >= 15 is 0 Å². The maximum absolute atomic E-state index is 11.1. The molecule has 1 unspecified atom stereocenters. The van der Waals surface area contributed by atoms with Crippen molar-refractivity contribution in [1.29, 1.82) is 0 Å². The molecule has 1 atom stereocenters. The highest BCUT2D eigenvalue weighted by atomic mass is 79.9. The largest absolute Gasteiger partial charge is 0.481 e. The van der Waals surface area contributed by atoms with E-state index in [-0.39, 0.29) is 5.92 Å². The van der Waals surface area contributed by atoms with Crippen LogP contribution >= 0.6 is 15.9 Å². The second-order valence-electron chi connectivity index (χ2n) is 5.86. The molecular formula is C17H24BrNO2. The number of piperidine rings is 1. The number of carboxylic acids is 1. The summed E-state index contributed by atoms with van der Waals surface area (Å²) in [6.07, 6.45) is 5.08. The fourth-order valence-corrected chi connectivity index (χ4v) is 3.55. The third-order valence-electron chi connectivity index (χ3n) is 4.38. The smallest absolute Gasteiger partial charge is 0.306 e. The number of nitrogens with zero attached hydrogens (tertiary/aromatic N) is 1. The molecule has 1 fully saturated rings. The van der Waals surface area contributed by atoms with Crippen LogP contribution in [-0.2, 0) is 4.79 Å². The fraction of sp³-hybridized carbons (Fsp3) is 0.588. The molecule has 116 valence electrons. The van der Waals surface area contributed by atoms with E-state index in [1.807, 2.05) is 0 Å². The van der Waals surface area contributed by atoms with E-state index in [9.17, 15) is 4.79 Å².